The number of ether oxygens (including phenoxy) is 1. The molecule has 2 aliphatic rings. The second-order valence-corrected chi connectivity index (χ2v) is 10.3. The van der Waals surface area contributed by atoms with Crippen LogP contribution in [0, 0.1) is 6.92 Å². The first kappa shape index (κ1) is 26.8. The third-order valence-electron chi connectivity index (χ3n) is 7.49. The van der Waals surface area contributed by atoms with Gasteiger partial charge in [0.1, 0.15) is 5.69 Å². The van der Waals surface area contributed by atoms with E-state index in [1.54, 1.807) is 6.20 Å². The van der Waals surface area contributed by atoms with Gasteiger partial charge < -0.3 is 30.9 Å². The first-order valence-electron chi connectivity index (χ1n) is 13.7. The number of likely N-dealkylation sites (N-methyl/N-ethyl adjacent to an activating group) is 1. The second-order valence-electron chi connectivity index (χ2n) is 10.3. The summed E-state index contributed by atoms with van der Waals surface area (Å²) in [6, 6.07) is 10.3. The number of pyridine rings is 1. The predicted octanol–water partition coefficient (Wildman–Crippen LogP) is 3.59. The number of nitrogens with two attached hydrogens (primary N) is 1. The monoisotopic (exact) mass is 530 g/mol. The molecule has 0 radical (unpaired) electrons. The molecule has 0 bridgehead atoms. The van der Waals surface area contributed by atoms with Crippen LogP contribution < -0.4 is 21.3 Å². The van der Waals surface area contributed by atoms with E-state index < -0.39 is 5.91 Å². The number of primary amides is 1. The molecule has 0 spiro atoms. The SMILES string of the molecule is CCc1cc(Nc2nc(NC3CCOCC3)c(-c3ncccc3C)nc2C(N)=O)ccc1N1CCN(C)CC1. The van der Waals surface area contributed by atoms with Gasteiger partial charge in [0.2, 0.25) is 0 Å². The van der Waals surface area contributed by atoms with Crippen LogP contribution in [0.3, 0.4) is 0 Å². The zero-order valence-electron chi connectivity index (χ0n) is 23.0. The number of hydrogen-bond donors (Lipinski definition) is 3. The Balaban J connectivity index is 1.51. The molecule has 0 aliphatic carbocycles. The fourth-order valence-electron chi connectivity index (χ4n) is 5.17. The molecule has 206 valence electrons. The number of carbonyl (C=O) groups is 1. The average Bonchev–Trinajstić information content (AvgIpc) is 2.94. The van der Waals surface area contributed by atoms with E-state index in [2.05, 4.69) is 51.5 Å². The van der Waals surface area contributed by atoms with Gasteiger partial charge in [0.25, 0.3) is 5.91 Å². The summed E-state index contributed by atoms with van der Waals surface area (Å²) in [5.74, 6) is 0.243. The van der Waals surface area contributed by atoms with Crippen LogP contribution in [0.15, 0.2) is 36.5 Å². The van der Waals surface area contributed by atoms with Crippen molar-refractivity contribution in [2.45, 2.75) is 39.2 Å². The summed E-state index contributed by atoms with van der Waals surface area (Å²) in [5, 5.41) is 6.90. The number of nitrogens with zero attached hydrogens (tertiary/aromatic N) is 5. The highest BCUT2D eigenvalue weighted by Gasteiger charge is 2.24. The zero-order chi connectivity index (χ0) is 27.4. The number of hydrogen-bond acceptors (Lipinski definition) is 9. The molecule has 10 nitrogen and oxygen atoms in total. The van der Waals surface area contributed by atoms with E-state index in [1.807, 2.05) is 25.1 Å². The van der Waals surface area contributed by atoms with Crippen LogP contribution in [-0.4, -0.2) is 78.2 Å². The van der Waals surface area contributed by atoms with E-state index in [1.165, 1.54) is 11.3 Å². The maximum atomic E-state index is 12.6. The van der Waals surface area contributed by atoms with Crippen LogP contribution in [0.1, 0.15) is 41.4 Å². The van der Waals surface area contributed by atoms with Gasteiger partial charge in [0.15, 0.2) is 17.3 Å². The minimum Gasteiger partial charge on any atom is -0.381 e. The van der Waals surface area contributed by atoms with Gasteiger partial charge in [0, 0.05) is 63.0 Å². The molecule has 39 heavy (non-hydrogen) atoms. The number of rotatable bonds is 8. The number of piperazine rings is 1. The van der Waals surface area contributed by atoms with Crippen molar-refractivity contribution in [2.75, 3.05) is 62.0 Å². The first-order chi connectivity index (χ1) is 18.9. The molecule has 3 aromatic rings. The van der Waals surface area contributed by atoms with E-state index in [9.17, 15) is 4.79 Å². The van der Waals surface area contributed by atoms with Crippen molar-refractivity contribution in [1.29, 1.82) is 0 Å². The summed E-state index contributed by atoms with van der Waals surface area (Å²) >= 11 is 0. The zero-order valence-corrected chi connectivity index (χ0v) is 23.0. The van der Waals surface area contributed by atoms with Crippen molar-refractivity contribution in [2.24, 2.45) is 5.73 Å². The summed E-state index contributed by atoms with van der Waals surface area (Å²) in [6.45, 7) is 9.60. The van der Waals surface area contributed by atoms with Crippen LogP contribution in [0.4, 0.5) is 23.0 Å². The number of aromatic nitrogens is 3. The van der Waals surface area contributed by atoms with E-state index in [-0.39, 0.29) is 11.7 Å². The van der Waals surface area contributed by atoms with Gasteiger partial charge in [0.05, 0.1) is 5.69 Å². The van der Waals surface area contributed by atoms with Crippen molar-refractivity contribution < 1.29 is 9.53 Å². The predicted molar refractivity (Wildman–Crippen MR) is 155 cm³/mol. The van der Waals surface area contributed by atoms with Crippen molar-refractivity contribution in [3.63, 3.8) is 0 Å². The molecule has 2 fully saturated rings. The fraction of sp³-hybridized carbons (Fsp3) is 0.448. The van der Waals surface area contributed by atoms with Crippen molar-refractivity contribution in [1.82, 2.24) is 19.9 Å². The Morgan fingerprint density at radius 2 is 1.85 bits per heavy atom. The topological polar surface area (TPSA) is 122 Å². The van der Waals surface area contributed by atoms with Gasteiger partial charge in [-0.2, -0.15) is 0 Å². The maximum Gasteiger partial charge on any atom is 0.271 e. The largest absolute Gasteiger partial charge is 0.381 e. The van der Waals surface area contributed by atoms with Crippen molar-refractivity contribution >= 4 is 28.9 Å². The molecule has 0 saturated carbocycles. The summed E-state index contributed by atoms with van der Waals surface area (Å²) in [4.78, 5) is 31.6. The Kier molecular flexibility index (Phi) is 8.23. The van der Waals surface area contributed by atoms with Gasteiger partial charge in [-0.15, -0.1) is 0 Å². The molecular formula is C29H38N8O2. The molecule has 10 heteroatoms. The van der Waals surface area contributed by atoms with Gasteiger partial charge >= 0.3 is 0 Å². The lowest BCUT2D eigenvalue weighted by molar-refractivity contribution is 0.0904. The summed E-state index contributed by atoms with van der Waals surface area (Å²) in [6.07, 6.45) is 4.32. The Labute approximate surface area is 230 Å². The van der Waals surface area contributed by atoms with Crippen LogP contribution in [0.2, 0.25) is 0 Å². The second kappa shape index (κ2) is 12.0. The summed E-state index contributed by atoms with van der Waals surface area (Å²) in [5.41, 5.74) is 11.3. The molecule has 2 aromatic heterocycles. The van der Waals surface area contributed by atoms with Crippen LogP contribution in [0.5, 0.6) is 0 Å². The molecule has 1 amide bonds. The lowest BCUT2D eigenvalue weighted by Crippen LogP contribution is -2.44. The molecule has 4 N–H and O–H groups in total. The normalized spacial score (nSPS) is 16.7. The highest BCUT2D eigenvalue weighted by Crippen LogP contribution is 2.32. The molecule has 2 saturated heterocycles. The summed E-state index contributed by atoms with van der Waals surface area (Å²) < 4.78 is 5.54. The van der Waals surface area contributed by atoms with E-state index in [0.717, 1.165) is 56.7 Å². The van der Waals surface area contributed by atoms with Gasteiger partial charge in [-0.1, -0.05) is 13.0 Å². The van der Waals surface area contributed by atoms with Crippen LogP contribution in [-0.2, 0) is 11.2 Å². The minimum absolute atomic E-state index is 0.0776. The van der Waals surface area contributed by atoms with Crippen molar-refractivity contribution in [3.8, 4) is 11.4 Å². The molecular weight excluding hydrogens is 492 g/mol. The Hall–Kier alpha value is -3.76. The Morgan fingerprint density at radius 3 is 2.54 bits per heavy atom. The minimum atomic E-state index is -0.651. The maximum absolute atomic E-state index is 12.6. The lowest BCUT2D eigenvalue weighted by atomic mass is 10.1. The third-order valence-corrected chi connectivity index (χ3v) is 7.49. The van der Waals surface area contributed by atoms with Crippen molar-refractivity contribution in [3.05, 3.63) is 53.3 Å². The fourth-order valence-corrected chi connectivity index (χ4v) is 5.17. The van der Waals surface area contributed by atoms with Crippen LogP contribution >= 0.6 is 0 Å². The highest BCUT2D eigenvalue weighted by molar-refractivity contribution is 5.97. The number of benzene rings is 1. The standard InChI is InChI=1S/C29H38N8O2/c1-4-20-18-22(7-8-23(20)37-14-12-36(3)13-15-37)33-29-26(27(30)38)34-25(24-19(2)6-5-11-31-24)28(35-29)32-21-9-16-39-17-10-21/h5-8,11,18,21H,4,9-10,12-17H2,1-3H3,(H2,30,38)(H2,32,33,35). The van der Waals surface area contributed by atoms with Crippen LogP contribution in [0.25, 0.3) is 11.4 Å². The number of amides is 1. The van der Waals surface area contributed by atoms with Gasteiger partial charge in [-0.3, -0.25) is 9.78 Å². The van der Waals surface area contributed by atoms with E-state index in [0.29, 0.717) is 36.2 Å². The average molecular weight is 531 g/mol. The van der Waals surface area contributed by atoms with Gasteiger partial charge in [-0.05, 0) is 68.6 Å². The van der Waals surface area contributed by atoms with Gasteiger partial charge in [-0.25, -0.2) is 9.97 Å². The number of nitrogens with one attached hydrogen (secondary N) is 2. The lowest BCUT2D eigenvalue weighted by Gasteiger charge is -2.35. The van der Waals surface area contributed by atoms with E-state index >= 15 is 0 Å². The highest BCUT2D eigenvalue weighted by atomic mass is 16.5. The molecule has 1 aromatic carbocycles. The number of anilines is 4. The molecule has 5 rings (SSSR count). The molecule has 2 aliphatic heterocycles. The first-order valence-corrected chi connectivity index (χ1v) is 13.7. The third kappa shape index (κ3) is 6.12. The molecule has 4 heterocycles. The smallest absolute Gasteiger partial charge is 0.271 e. The molecule has 0 atom stereocenters. The summed E-state index contributed by atoms with van der Waals surface area (Å²) in [7, 11) is 2.16. The quantitative estimate of drug-likeness (QED) is 0.401. The molecule has 0 unspecified atom stereocenters. The number of aryl methyl sites for hydroxylation is 2. The number of carbonyl (C=O) groups excluding carboxylic acids is 1. The Morgan fingerprint density at radius 1 is 1.08 bits per heavy atom. The Bertz CT molecular complexity index is 1320. The van der Waals surface area contributed by atoms with E-state index in [4.69, 9.17) is 20.4 Å².